The summed E-state index contributed by atoms with van der Waals surface area (Å²) in [5.74, 6) is 1.09. The van der Waals surface area contributed by atoms with Gasteiger partial charge < -0.3 is 9.88 Å². The van der Waals surface area contributed by atoms with Crippen LogP contribution in [-0.4, -0.2) is 21.6 Å². The van der Waals surface area contributed by atoms with E-state index in [4.69, 9.17) is 0 Å². The molecule has 0 aliphatic rings. The van der Waals surface area contributed by atoms with Crippen LogP contribution in [0.3, 0.4) is 0 Å². The summed E-state index contributed by atoms with van der Waals surface area (Å²) < 4.78 is 2.17. The average molecular weight is 250 g/mol. The average Bonchev–Trinajstić information content (AvgIpc) is 2.94. The van der Waals surface area contributed by atoms with Crippen LogP contribution in [0.5, 0.6) is 0 Å². The highest BCUT2D eigenvalue weighted by atomic mass is 32.1. The van der Waals surface area contributed by atoms with Gasteiger partial charge in [0.1, 0.15) is 5.82 Å². The zero-order valence-corrected chi connectivity index (χ0v) is 11.3. The Labute approximate surface area is 106 Å². The van der Waals surface area contributed by atoms with E-state index in [1.807, 2.05) is 26.4 Å². The lowest BCUT2D eigenvalue weighted by Gasteiger charge is -2.15. The lowest BCUT2D eigenvalue weighted by atomic mass is 10.2. The lowest BCUT2D eigenvalue weighted by molar-refractivity contribution is 0.522. The summed E-state index contributed by atoms with van der Waals surface area (Å²) in [5.41, 5.74) is 1.10. The number of aromatic nitrogens is 3. The molecule has 0 aliphatic heterocycles. The Hall–Kier alpha value is -1.20. The Kier molecular flexibility index (Phi) is 3.91. The molecule has 1 N–H and O–H groups in total. The van der Waals surface area contributed by atoms with E-state index in [1.54, 1.807) is 11.3 Å². The van der Waals surface area contributed by atoms with Gasteiger partial charge in [0, 0.05) is 36.4 Å². The Bertz CT molecular complexity index is 474. The second-order valence-corrected chi connectivity index (χ2v) is 4.94. The highest BCUT2D eigenvalue weighted by molar-refractivity contribution is 7.09. The van der Waals surface area contributed by atoms with Crippen LogP contribution in [-0.2, 0) is 13.0 Å². The normalized spacial score (nSPS) is 12.9. The zero-order chi connectivity index (χ0) is 12.3. The van der Waals surface area contributed by atoms with E-state index in [0.29, 0.717) is 0 Å². The van der Waals surface area contributed by atoms with Crippen molar-refractivity contribution in [2.45, 2.75) is 32.9 Å². The fraction of sp³-hybridized carbons (Fsp3) is 0.500. The van der Waals surface area contributed by atoms with Crippen LogP contribution in [0.4, 0.5) is 0 Å². The minimum Gasteiger partial charge on any atom is -0.334 e. The van der Waals surface area contributed by atoms with Gasteiger partial charge in [0.25, 0.3) is 0 Å². The number of hydrogen-bond donors (Lipinski definition) is 1. The molecule has 0 spiro atoms. The summed E-state index contributed by atoms with van der Waals surface area (Å²) in [7, 11) is 1.97. The molecule has 17 heavy (non-hydrogen) atoms. The maximum absolute atomic E-state index is 4.51. The minimum absolute atomic E-state index is 0.232. The van der Waals surface area contributed by atoms with Gasteiger partial charge in [-0.1, -0.05) is 0 Å². The maximum atomic E-state index is 4.51. The van der Waals surface area contributed by atoms with Crippen LogP contribution in [0.15, 0.2) is 17.8 Å². The third kappa shape index (κ3) is 2.73. The molecular weight excluding hydrogens is 232 g/mol. The van der Waals surface area contributed by atoms with E-state index in [-0.39, 0.29) is 6.04 Å². The van der Waals surface area contributed by atoms with Gasteiger partial charge in [-0.2, -0.15) is 0 Å². The smallest absolute Gasteiger partial charge is 0.126 e. The van der Waals surface area contributed by atoms with Crippen LogP contribution in [0.1, 0.15) is 29.5 Å². The number of rotatable bonds is 5. The van der Waals surface area contributed by atoms with Crippen molar-refractivity contribution in [1.29, 1.82) is 0 Å². The van der Waals surface area contributed by atoms with Crippen LogP contribution in [0.2, 0.25) is 0 Å². The van der Waals surface area contributed by atoms with Crippen LogP contribution < -0.4 is 5.32 Å². The number of likely N-dealkylation sites (N-methyl/N-ethyl adjacent to an activating group) is 1. The topological polar surface area (TPSA) is 42.7 Å². The van der Waals surface area contributed by atoms with Crippen molar-refractivity contribution >= 4 is 11.3 Å². The molecule has 1 unspecified atom stereocenters. The summed E-state index contributed by atoms with van der Waals surface area (Å²) >= 11 is 1.72. The van der Waals surface area contributed by atoms with Gasteiger partial charge in [0.05, 0.1) is 11.0 Å². The highest BCUT2D eigenvalue weighted by Gasteiger charge is 2.16. The molecule has 0 radical (unpaired) electrons. The molecule has 1 atom stereocenters. The van der Waals surface area contributed by atoms with Crippen molar-refractivity contribution in [2.24, 2.45) is 0 Å². The number of imidazole rings is 1. The fourth-order valence-corrected chi connectivity index (χ4v) is 2.71. The molecule has 0 saturated carbocycles. The van der Waals surface area contributed by atoms with E-state index in [1.165, 1.54) is 0 Å². The van der Waals surface area contributed by atoms with Crippen molar-refractivity contribution in [3.63, 3.8) is 0 Å². The Morgan fingerprint density at radius 1 is 1.53 bits per heavy atom. The van der Waals surface area contributed by atoms with Gasteiger partial charge in [-0.25, -0.2) is 9.97 Å². The molecule has 2 aromatic heterocycles. The molecule has 92 valence electrons. The first-order valence-corrected chi connectivity index (χ1v) is 6.71. The Morgan fingerprint density at radius 2 is 2.35 bits per heavy atom. The van der Waals surface area contributed by atoms with E-state index in [0.717, 1.165) is 29.5 Å². The monoisotopic (exact) mass is 250 g/mol. The molecule has 2 rings (SSSR count). The molecule has 2 aromatic rings. The molecule has 5 heteroatoms. The van der Waals surface area contributed by atoms with Gasteiger partial charge in [-0.05, 0) is 20.9 Å². The SMILES string of the molecule is CCn1ccnc1C(Cc1nc(C)cs1)NC. The summed E-state index contributed by atoms with van der Waals surface area (Å²) in [4.78, 5) is 8.94. The third-order valence-corrected chi connectivity index (χ3v) is 3.78. The summed E-state index contributed by atoms with van der Waals surface area (Å²) in [6.07, 6.45) is 4.77. The lowest BCUT2D eigenvalue weighted by Crippen LogP contribution is -2.22. The number of nitrogens with zero attached hydrogens (tertiary/aromatic N) is 3. The van der Waals surface area contributed by atoms with Gasteiger partial charge >= 0.3 is 0 Å². The van der Waals surface area contributed by atoms with E-state index in [2.05, 4.69) is 32.2 Å². The van der Waals surface area contributed by atoms with Gasteiger partial charge in [0.2, 0.25) is 0 Å². The number of hydrogen-bond acceptors (Lipinski definition) is 4. The molecule has 0 aromatic carbocycles. The molecule has 0 fully saturated rings. The van der Waals surface area contributed by atoms with Crippen molar-refractivity contribution < 1.29 is 0 Å². The first-order chi connectivity index (χ1) is 8.24. The predicted octanol–water partition coefficient (Wildman–Crippen LogP) is 2.17. The van der Waals surface area contributed by atoms with Crippen molar-refractivity contribution in [3.8, 4) is 0 Å². The summed E-state index contributed by atoms with van der Waals surface area (Å²) in [6, 6.07) is 0.232. The van der Waals surface area contributed by atoms with Crippen molar-refractivity contribution in [3.05, 3.63) is 34.3 Å². The van der Waals surface area contributed by atoms with Gasteiger partial charge in [0.15, 0.2) is 0 Å². The molecule has 2 heterocycles. The zero-order valence-electron chi connectivity index (χ0n) is 10.5. The molecule has 0 saturated heterocycles. The minimum atomic E-state index is 0.232. The molecule has 4 nitrogen and oxygen atoms in total. The standard InChI is InChI=1S/C12H18N4S/c1-4-16-6-5-14-12(16)10(13-3)7-11-15-9(2)8-17-11/h5-6,8,10,13H,4,7H2,1-3H3. The third-order valence-electron chi connectivity index (χ3n) is 2.79. The van der Waals surface area contributed by atoms with E-state index in [9.17, 15) is 0 Å². The quantitative estimate of drug-likeness (QED) is 0.884. The predicted molar refractivity (Wildman–Crippen MR) is 70.3 cm³/mol. The highest BCUT2D eigenvalue weighted by Crippen LogP contribution is 2.19. The van der Waals surface area contributed by atoms with Crippen molar-refractivity contribution in [1.82, 2.24) is 19.9 Å². The van der Waals surface area contributed by atoms with Crippen LogP contribution in [0.25, 0.3) is 0 Å². The Balaban J connectivity index is 2.16. The summed E-state index contributed by atoms with van der Waals surface area (Å²) in [5, 5.41) is 6.57. The number of nitrogens with one attached hydrogen (secondary N) is 1. The molecule has 0 bridgehead atoms. The van der Waals surface area contributed by atoms with Gasteiger partial charge in [-0.15, -0.1) is 11.3 Å². The summed E-state index contributed by atoms with van der Waals surface area (Å²) in [6.45, 7) is 5.11. The number of thiazole rings is 1. The van der Waals surface area contributed by atoms with Crippen molar-refractivity contribution in [2.75, 3.05) is 7.05 Å². The second-order valence-electron chi connectivity index (χ2n) is 4.00. The Morgan fingerprint density at radius 3 is 2.94 bits per heavy atom. The van der Waals surface area contributed by atoms with Gasteiger partial charge in [-0.3, -0.25) is 0 Å². The van der Waals surface area contributed by atoms with E-state index >= 15 is 0 Å². The first kappa shape index (κ1) is 12.3. The number of aryl methyl sites for hydroxylation is 2. The largest absolute Gasteiger partial charge is 0.334 e. The van der Waals surface area contributed by atoms with Crippen LogP contribution >= 0.6 is 11.3 Å². The van der Waals surface area contributed by atoms with Crippen LogP contribution in [0, 0.1) is 6.92 Å². The maximum Gasteiger partial charge on any atom is 0.126 e. The van der Waals surface area contributed by atoms with E-state index < -0.39 is 0 Å². The first-order valence-electron chi connectivity index (χ1n) is 5.84. The fourth-order valence-electron chi connectivity index (χ4n) is 1.89. The molecule has 0 aliphatic carbocycles. The molecular formula is C12H18N4S. The molecule has 0 amide bonds. The second kappa shape index (κ2) is 5.42.